The molecule has 0 radical (unpaired) electrons. The number of benzene rings is 5. The van der Waals surface area contributed by atoms with Gasteiger partial charge < -0.3 is 4.57 Å². The molecule has 0 amide bonds. The average Bonchev–Trinajstić information content (AvgIpc) is 3.12. The summed E-state index contributed by atoms with van der Waals surface area (Å²) in [6.07, 6.45) is 0. The molecule has 6 aromatic rings. The lowest BCUT2D eigenvalue weighted by molar-refractivity contribution is 1.18. The van der Waals surface area contributed by atoms with Crippen molar-refractivity contribution in [2.75, 3.05) is 0 Å². The summed E-state index contributed by atoms with van der Waals surface area (Å²) >= 11 is 0. The highest BCUT2D eigenvalue weighted by molar-refractivity contribution is 6.14. The van der Waals surface area contributed by atoms with Crippen LogP contribution < -0.4 is 0 Å². The van der Waals surface area contributed by atoms with E-state index in [0.29, 0.717) is 0 Å². The van der Waals surface area contributed by atoms with Gasteiger partial charge in [0, 0.05) is 16.5 Å². The van der Waals surface area contributed by atoms with Crippen LogP contribution in [-0.2, 0) is 0 Å². The van der Waals surface area contributed by atoms with E-state index in [1.165, 1.54) is 55.0 Å². The van der Waals surface area contributed by atoms with Gasteiger partial charge in [0.1, 0.15) is 0 Å². The van der Waals surface area contributed by atoms with Crippen LogP contribution in [0.3, 0.4) is 0 Å². The molecule has 0 aliphatic heterocycles. The van der Waals surface area contributed by atoms with Gasteiger partial charge in [-0.05, 0) is 64.7 Å². The van der Waals surface area contributed by atoms with E-state index in [1.807, 2.05) is 0 Å². The lowest BCUT2D eigenvalue weighted by atomic mass is 10.0. The van der Waals surface area contributed by atoms with Gasteiger partial charge in [0.2, 0.25) is 0 Å². The van der Waals surface area contributed by atoms with Crippen LogP contribution in [0.2, 0.25) is 0 Å². The molecule has 6 rings (SSSR count). The van der Waals surface area contributed by atoms with Crippen molar-refractivity contribution in [1.29, 1.82) is 0 Å². The van der Waals surface area contributed by atoms with Gasteiger partial charge in [-0.3, -0.25) is 0 Å². The zero-order valence-corrected chi connectivity index (χ0v) is 16.8. The van der Waals surface area contributed by atoms with Crippen LogP contribution in [-0.4, -0.2) is 4.57 Å². The molecule has 1 nitrogen and oxygen atoms in total. The van der Waals surface area contributed by atoms with Crippen molar-refractivity contribution in [2.24, 2.45) is 0 Å². The number of fused-ring (bicyclic) bond motifs is 4. The summed E-state index contributed by atoms with van der Waals surface area (Å²) in [4.78, 5) is 0. The van der Waals surface area contributed by atoms with Crippen molar-refractivity contribution in [3.05, 3.63) is 115 Å². The molecule has 0 atom stereocenters. The zero-order valence-electron chi connectivity index (χ0n) is 16.8. The Morgan fingerprint density at radius 2 is 1.20 bits per heavy atom. The molecule has 0 saturated carbocycles. The van der Waals surface area contributed by atoms with Crippen molar-refractivity contribution in [3.63, 3.8) is 0 Å². The largest absolute Gasteiger partial charge is 0.309 e. The van der Waals surface area contributed by atoms with Crippen LogP contribution in [0.15, 0.2) is 109 Å². The third-order valence-corrected chi connectivity index (χ3v) is 6.10. The van der Waals surface area contributed by atoms with Gasteiger partial charge >= 0.3 is 0 Å². The summed E-state index contributed by atoms with van der Waals surface area (Å²) in [5.41, 5.74) is 7.50. The van der Waals surface area contributed by atoms with Crippen molar-refractivity contribution in [2.45, 2.75) is 6.92 Å². The Labute approximate surface area is 175 Å². The predicted molar refractivity (Wildman–Crippen MR) is 128 cm³/mol. The first-order chi connectivity index (χ1) is 14.8. The Balaban J connectivity index is 1.65. The van der Waals surface area contributed by atoms with E-state index in [-0.39, 0.29) is 0 Å². The maximum atomic E-state index is 2.40. The van der Waals surface area contributed by atoms with Gasteiger partial charge in [-0.25, -0.2) is 0 Å². The topological polar surface area (TPSA) is 4.93 Å². The molecule has 0 spiro atoms. The highest BCUT2D eigenvalue weighted by atomic mass is 15.0. The third kappa shape index (κ3) is 2.56. The van der Waals surface area contributed by atoms with E-state index in [0.717, 1.165) is 0 Å². The standard InChI is InChI=1S/C29H21N/c1-20-8-7-13-27-29(20)26-18-23-11-5-6-12-24(23)19-28(26)30(27)25-16-14-22(15-17-25)21-9-3-2-4-10-21/h2-19H,1H3. The number of aryl methyl sites for hydroxylation is 1. The monoisotopic (exact) mass is 383 g/mol. The minimum Gasteiger partial charge on any atom is -0.309 e. The molecule has 0 aliphatic rings. The fourth-order valence-electron chi connectivity index (χ4n) is 4.64. The third-order valence-electron chi connectivity index (χ3n) is 6.10. The highest BCUT2D eigenvalue weighted by Gasteiger charge is 2.14. The summed E-state index contributed by atoms with van der Waals surface area (Å²) in [5.74, 6) is 0. The number of hydrogen-bond donors (Lipinski definition) is 0. The van der Waals surface area contributed by atoms with Gasteiger partial charge in [0.15, 0.2) is 0 Å². The smallest absolute Gasteiger partial charge is 0.0547 e. The lowest BCUT2D eigenvalue weighted by Crippen LogP contribution is -1.94. The summed E-state index contributed by atoms with van der Waals surface area (Å²) < 4.78 is 2.40. The summed E-state index contributed by atoms with van der Waals surface area (Å²) in [5, 5.41) is 5.21. The maximum Gasteiger partial charge on any atom is 0.0547 e. The van der Waals surface area contributed by atoms with E-state index < -0.39 is 0 Å². The van der Waals surface area contributed by atoms with Gasteiger partial charge in [0.05, 0.1) is 11.0 Å². The molecule has 5 aromatic carbocycles. The molecule has 0 N–H and O–H groups in total. The normalized spacial score (nSPS) is 11.5. The Kier molecular flexibility index (Phi) is 3.75. The first-order valence-electron chi connectivity index (χ1n) is 10.4. The number of nitrogens with zero attached hydrogens (tertiary/aromatic N) is 1. The molecular weight excluding hydrogens is 362 g/mol. The van der Waals surface area contributed by atoms with Crippen LogP contribution >= 0.6 is 0 Å². The van der Waals surface area contributed by atoms with Crippen LogP contribution in [0.1, 0.15) is 5.56 Å². The maximum absolute atomic E-state index is 2.40. The SMILES string of the molecule is Cc1cccc2c1c1cc3ccccc3cc1n2-c1ccc(-c2ccccc2)cc1. The van der Waals surface area contributed by atoms with Crippen LogP contribution in [0, 0.1) is 6.92 Å². The fourth-order valence-corrected chi connectivity index (χ4v) is 4.64. The lowest BCUT2D eigenvalue weighted by Gasteiger charge is -2.10. The van der Waals surface area contributed by atoms with Gasteiger partial charge in [0.25, 0.3) is 0 Å². The van der Waals surface area contributed by atoms with E-state index in [2.05, 4.69) is 121 Å². The Bertz CT molecular complexity index is 1520. The van der Waals surface area contributed by atoms with Crippen molar-refractivity contribution in [3.8, 4) is 16.8 Å². The van der Waals surface area contributed by atoms with Crippen molar-refractivity contribution in [1.82, 2.24) is 4.57 Å². The molecule has 0 aliphatic carbocycles. The molecule has 142 valence electrons. The molecule has 0 saturated heterocycles. The van der Waals surface area contributed by atoms with Crippen LogP contribution in [0.4, 0.5) is 0 Å². The quantitative estimate of drug-likeness (QED) is 0.286. The molecule has 0 unspecified atom stereocenters. The average molecular weight is 383 g/mol. The minimum absolute atomic E-state index is 1.19. The molecule has 0 fully saturated rings. The minimum atomic E-state index is 1.19. The molecule has 0 bridgehead atoms. The second-order valence-corrected chi connectivity index (χ2v) is 7.93. The van der Waals surface area contributed by atoms with Gasteiger partial charge in [-0.2, -0.15) is 0 Å². The zero-order chi connectivity index (χ0) is 20.1. The highest BCUT2D eigenvalue weighted by Crippen LogP contribution is 2.36. The molecule has 1 aromatic heterocycles. The Morgan fingerprint density at radius 3 is 1.97 bits per heavy atom. The number of aromatic nitrogens is 1. The van der Waals surface area contributed by atoms with Gasteiger partial charge in [-0.15, -0.1) is 0 Å². The Morgan fingerprint density at radius 1 is 0.533 bits per heavy atom. The van der Waals surface area contributed by atoms with E-state index in [9.17, 15) is 0 Å². The first kappa shape index (κ1) is 17.1. The van der Waals surface area contributed by atoms with E-state index in [1.54, 1.807) is 0 Å². The van der Waals surface area contributed by atoms with E-state index in [4.69, 9.17) is 0 Å². The predicted octanol–water partition coefficient (Wildman–Crippen LogP) is 7.91. The summed E-state index contributed by atoms with van der Waals surface area (Å²) in [6, 6.07) is 39.4. The molecule has 1 heterocycles. The van der Waals surface area contributed by atoms with E-state index >= 15 is 0 Å². The van der Waals surface area contributed by atoms with Crippen LogP contribution in [0.25, 0.3) is 49.4 Å². The number of rotatable bonds is 2. The second-order valence-electron chi connectivity index (χ2n) is 7.93. The molecular formula is C29H21N. The second kappa shape index (κ2) is 6.60. The summed E-state index contributed by atoms with van der Waals surface area (Å²) in [6.45, 7) is 2.21. The summed E-state index contributed by atoms with van der Waals surface area (Å²) in [7, 11) is 0. The Hall–Kier alpha value is -3.84. The fraction of sp³-hybridized carbons (Fsp3) is 0.0345. The molecule has 30 heavy (non-hydrogen) atoms. The first-order valence-corrected chi connectivity index (χ1v) is 10.4. The van der Waals surface area contributed by atoms with Crippen molar-refractivity contribution < 1.29 is 0 Å². The van der Waals surface area contributed by atoms with Crippen molar-refractivity contribution >= 4 is 32.6 Å². The van der Waals surface area contributed by atoms with Crippen LogP contribution in [0.5, 0.6) is 0 Å². The molecule has 1 heteroatoms. The van der Waals surface area contributed by atoms with Gasteiger partial charge in [-0.1, -0.05) is 78.9 Å². The number of hydrogen-bond acceptors (Lipinski definition) is 0.